The Morgan fingerprint density at radius 2 is 1.93 bits per heavy atom. The molecule has 0 saturated carbocycles. The molecule has 0 aliphatic heterocycles. The second kappa shape index (κ2) is 7.62. The van der Waals surface area contributed by atoms with E-state index in [2.05, 4.69) is 25.8 Å². The topological polar surface area (TPSA) is 112 Å². The van der Waals surface area contributed by atoms with Gasteiger partial charge in [0.2, 0.25) is 0 Å². The number of esters is 1. The normalized spacial score (nSPS) is 10.9. The van der Waals surface area contributed by atoms with Crippen LogP contribution in [0.4, 0.5) is 5.13 Å². The molecule has 0 fully saturated rings. The maximum Gasteiger partial charge on any atom is 0.357 e. The molecule has 3 aromatic rings. The maximum absolute atomic E-state index is 12.5. The molecule has 10 heteroatoms. The van der Waals surface area contributed by atoms with Gasteiger partial charge in [0.05, 0.1) is 12.8 Å². The second-order valence-corrected chi connectivity index (χ2v) is 7.05. The van der Waals surface area contributed by atoms with E-state index in [0.717, 1.165) is 10.6 Å². The van der Waals surface area contributed by atoms with Gasteiger partial charge >= 0.3 is 5.97 Å². The molecular weight excluding hydrogens is 368 g/mol. The van der Waals surface area contributed by atoms with Crippen molar-refractivity contribution in [3.63, 3.8) is 0 Å². The van der Waals surface area contributed by atoms with Crippen molar-refractivity contribution in [1.82, 2.24) is 25.2 Å². The van der Waals surface area contributed by atoms with Crippen LogP contribution in [0.15, 0.2) is 24.3 Å². The van der Waals surface area contributed by atoms with Gasteiger partial charge in [0.25, 0.3) is 5.91 Å². The SMILES string of the molecule is COC(=O)c1nc(NC(=O)c2ccc(-n3nnnc3C)cc2)sc1C(C)C. The minimum atomic E-state index is -0.517. The number of aryl methyl sites for hydroxylation is 1. The third kappa shape index (κ3) is 3.85. The molecule has 140 valence electrons. The maximum atomic E-state index is 12.5. The van der Waals surface area contributed by atoms with E-state index in [-0.39, 0.29) is 17.5 Å². The summed E-state index contributed by atoms with van der Waals surface area (Å²) in [6.45, 7) is 5.69. The molecule has 0 aliphatic carbocycles. The van der Waals surface area contributed by atoms with Crippen LogP contribution in [0, 0.1) is 6.92 Å². The first-order valence-electron chi connectivity index (χ1n) is 8.16. The van der Waals surface area contributed by atoms with Crippen LogP contribution in [0.2, 0.25) is 0 Å². The van der Waals surface area contributed by atoms with E-state index in [1.807, 2.05) is 13.8 Å². The fourth-order valence-corrected chi connectivity index (χ4v) is 3.36. The first-order valence-corrected chi connectivity index (χ1v) is 8.98. The highest BCUT2D eigenvalue weighted by Crippen LogP contribution is 2.30. The number of thiazole rings is 1. The van der Waals surface area contributed by atoms with Crippen molar-refractivity contribution in [1.29, 1.82) is 0 Å². The van der Waals surface area contributed by atoms with E-state index in [1.165, 1.54) is 18.4 Å². The first-order chi connectivity index (χ1) is 12.9. The number of carbonyl (C=O) groups is 2. The first kappa shape index (κ1) is 18.6. The quantitative estimate of drug-likeness (QED) is 0.671. The Labute approximate surface area is 159 Å². The van der Waals surface area contributed by atoms with Crippen LogP contribution in [0.25, 0.3) is 5.69 Å². The smallest absolute Gasteiger partial charge is 0.357 e. The number of nitrogens with zero attached hydrogens (tertiary/aromatic N) is 5. The van der Waals surface area contributed by atoms with Gasteiger partial charge in [-0.1, -0.05) is 13.8 Å². The van der Waals surface area contributed by atoms with Gasteiger partial charge in [0.15, 0.2) is 16.6 Å². The summed E-state index contributed by atoms with van der Waals surface area (Å²) in [6, 6.07) is 6.84. The molecule has 0 aliphatic rings. The van der Waals surface area contributed by atoms with Crippen LogP contribution in [0.1, 0.15) is 51.3 Å². The molecule has 0 saturated heterocycles. The summed E-state index contributed by atoms with van der Waals surface area (Å²) in [5.74, 6) is -0.111. The molecule has 2 heterocycles. The van der Waals surface area contributed by atoms with Crippen molar-refractivity contribution in [2.75, 3.05) is 12.4 Å². The van der Waals surface area contributed by atoms with E-state index in [0.29, 0.717) is 16.5 Å². The van der Waals surface area contributed by atoms with E-state index < -0.39 is 5.97 Å². The summed E-state index contributed by atoms with van der Waals surface area (Å²) in [5.41, 5.74) is 1.43. The minimum Gasteiger partial charge on any atom is -0.464 e. The van der Waals surface area contributed by atoms with Gasteiger partial charge in [-0.05, 0) is 47.5 Å². The van der Waals surface area contributed by atoms with E-state index in [9.17, 15) is 9.59 Å². The Kier molecular flexibility index (Phi) is 5.26. The molecule has 1 N–H and O–H groups in total. The zero-order chi connectivity index (χ0) is 19.6. The lowest BCUT2D eigenvalue weighted by Crippen LogP contribution is -2.12. The Balaban J connectivity index is 1.79. The van der Waals surface area contributed by atoms with Crippen molar-refractivity contribution >= 4 is 28.3 Å². The Bertz CT molecular complexity index is 977. The molecule has 1 amide bonds. The van der Waals surface area contributed by atoms with Crippen LogP contribution in [-0.4, -0.2) is 44.2 Å². The van der Waals surface area contributed by atoms with Crippen molar-refractivity contribution in [2.24, 2.45) is 0 Å². The minimum absolute atomic E-state index is 0.0843. The fraction of sp³-hybridized carbons (Fsp3) is 0.294. The molecule has 27 heavy (non-hydrogen) atoms. The summed E-state index contributed by atoms with van der Waals surface area (Å²) in [4.78, 5) is 29.4. The zero-order valence-electron chi connectivity index (χ0n) is 15.3. The average molecular weight is 386 g/mol. The molecule has 0 radical (unpaired) electrons. The van der Waals surface area contributed by atoms with Crippen molar-refractivity contribution < 1.29 is 14.3 Å². The van der Waals surface area contributed by atoms with E-state index in [4.69, 9.17) is 4.74 Å². The number of aromatic nitrogens is 5. The Morgan fingerprint density at radius 1 is 1.22 bits per heavy atom. The van der Waals surface area contributed by atoms with Crippen LogP contribution in [0.3, 0.4) is 0 Å². The summed E-state index contributed by atoms with van der Waals surface area (Å²) >= 11 is 1.26. The van der Waals surface area contributed by atoms with Gasteiger partial charge in [0.1, 0.15) is 0 Å². The van der Waals surface area contributed by atoms with E-state index >= 15 is 0 Å². The number of ether oxygens (including phenoxy) is 1. The Morgan fingerprint density at radius 3 is 2.48 bits per heavy atom. The summed E-state index contributed by atoms with van der Waals surface area (Å²) in [5, 5.41) is 14.4. The number of methoxy groups -OCH3 is 1. The van der Waals surface area contributed by atoms with Crippen LogP contribution in [0.5, 0.6) is 0 Å². The monoisotopic (exact) mass is 386 g/mol. The van der Waals surface area contributed by atoms with Gasteiger partial charge in [-0.2, -0.15) is 4.68 Å². The van der Waals surface area contributed by atoms with Gasteiger partial charge in [-0.25, -0.2) is 9.78 Å². The molecular formula is C17H18N6O3S. The highest BCUT2D eigenvalue weighted by molar-refractivity contribution is 7.16. The Hall–Kier alpha value is -3.14. The third-order valence-corrected chi connectivity index (χ3v) is 5.05. The number of amides is 1. The number of benzene rings is 1. The number of nitrogens with one attached hydrogen (secondary N) is 1. The lowest BCUT2D eigenvalue weighted by Gasteiger charge is -2.04. The van der Waals surface area contributed by atoms with Crippen LogP contribution >= 0.6 is 11.3 Å². The molecule has 9 nitrogen and oxygen atoms in total. The highest BCUT2D eigenvalue weighted by atomic mass is 32.1. The summed E-state index contributed by atoms with van der Waals surface area (Å²) in [6.07, 6.45) is 0. The van der Waals surface area contributed by atoms with Crippen molar-refractivity contribution in [3.8, 4) is 5.69 Å². The molecule has 1 aromatic carbocycles. The van der Waals surface area contributed by atoms with Gasteiger partial charge < -0.3 is 4.74 Å². The van der Waals surface area contributed by atoms with Gasteiger partial charge in [0, 0.05) is 10.4 Å². The number of hydrogen-bond donors (Lipinski definition) is 1. The average Bonchev–Trinajstić information content (AvgIpc) is 3.27. The molecule has 3 rings (SSSR count). The fourth-order valence-electron chi connectivity index (χ4n) is 2.41. The van der Waals surface area contributed by atoms with Crippen molar-refractivity contribution in [2.45, 2.75) is 26.7 Å². The molecule has 0 spiro atoms. The second-order valence-electron chi connectivity index (χ2n) is 6.02. The predicted octanol–water partition coefficient (Wildman–Crippen LogP) is 2.59. The summed E-state index contributed by atoms with van der Waals surface area (Å²) in [7, 11) is 1.30. The van der Waals surface area contributed by atoms with E-state index in [1.54, 1.807) is 35.9 Å². The number of carbonyl (C=O) groups excluding carboxylic acids is 2. The van der Waals surface area contributed by atoms with Crippen LogP contribution < -0.4 is 5.32 Å². The lowest BCUT2D eigenvalue weighted by molar-refractivity contribution is 0.0593. The molecule has 0 atom stereocenters. The molecule has 0 bridgehead atoms. The predicted molar refractivity (Wildman–Crippen MR) is 99.4 cm³/mol. The number of rotatable bonds is 5. The summed E-state index contributed by atoms with van der Waals surface area (Å²) < 4.78 is 6.33. The third-order valence-electron chi connectivity index (χ3n) is 3.78. The van der Waals surface area contributed by atoms with Crippen LogP contribution in [-0.2, 0) is 4.74 Å². The largest absolute Gasteiger partial charge is 0.464 e. The van der Waals surface area contributed by atoms with Crippen molar-refractivity contribution in [3.05, 3.63) is 46.2 Å². The lowest BCUT2D eigenvalue weighted by atomic mass is 10.1. The molecule has 0 unspecified atom stereocenters. The standard InChI is InChI=1S/C17H18N6O3S/c1-9(2)14-13(16(25)26-4)18-17(27-14)19-15(24)11-5-7-12(8-6-11)23-10(3)20-21-22-23/h5-9H,1-4H3,(H,18,19,24). The highest BCUT2D eigenvalue weighted by Gasteiger charge is 2.22. The zero-order valence-corrected chi connectivity index (χ0v) is 16.1. The number of tetrazole rings is 1. The number of hydrogen-bond acceptors (Lipinski definition) is 8. The number of anilines is 1. The molecule has 2 aromatic heterocycles. The van der Waals surface area contributed by atoms with Gasteiger partial charge in [-0.15, -0.1) is 16.4 Å². The van der Waals surface area contributed by atoms with Gasteiger partial charge in [-0.3, -0.25) is 10.1 Å².